The number of carboxylic acid groups (broad SMARTS) is 1. The van der Waals surface area contributed by atoms with Gasteiger partial charge in [0.2, 0.25) is 5.91 Å². The molecule has 0 radical (unpaired) electrons. The molecule has 1 amide bonds. The molecule has 0 saturated carbocycles. The number of hydrogen-bond acceptors (Lipinski definition) is 6. The summed E-state index contributed by atoms with van der Waals surface area (Å²) >= 11 is 1.06. The summed E-state index contributed by atoms with van der Waals surface area (Å²) in [6.07, 6.45) is -1.36. The molecule has 0 spiro atoms. The van der Waals surface area contributed by atoms with Gasteiger partial charge >= 0.3 is 5.97 Å². The maximum atomic E-state index is 11.1. The second-order valence-corrected chi connectivity index (χ2v) is 3.79. The van der Waals surface area contributed by atoms with Gasteiger partial charge in [0.05, 0.1) is 24.7 Å². The van der Waals surface area contributed by atoms with E-state index in [-0.39, 0.29) is 31.2 Å². The van der Waals surface area contributed by atoms with E-state index in [0.717, 1.165) is 11.8 Å². The highest BCUT2D eigenvalue weighted by molar-refractivity contribution is 7.99. The lowest BCUT2D eigenvalue weighted by Crippen LogP contribution is -2.29. The minimum Gasteiger partial charge on any atom is -0.481 e. The van der Waals surface area contributed by atoms with Gasteiger partial charge in [-0.1, -0.05) is 0 Å². The lowest BCUT2D eigenvalue weighted by molar-refractivity contribution is -0.137. The van der Waals surface area contributed by atoms with E-state index in [0.29, 0.717) is 0 Å². The van der Waals surface area contributed by atoms with Gasteiger partial charge in [0.1, 0.15) is 0 Å². The fraction of sp³-hybridized carbons (Fsp3) is 0.750. The second kappa shape index (κ2) is 9.40. The van der Waals surface area contributed by atoms with Gasteiger partial charge < -0.3 is 26.0 Å². The van der Waals surface area contributed by atoms with Crippen molar-refractivity contribution < 1.29 is 24.5 Å². The molecular weight excluding hydrogens is 236 g/mol. The molecule has 94 valence electrons. The number of aliphatic carboxylic acids is 1. The van der Waals surface area contributed by atoms with Gasteiger partial charge in [-0.15, -0.1) is 11.8 Å². The van der Waals surface area contributed by atoms with E-state index < -0.39 is 18.2 Å². The molecule has 0 aliphatic carbocycles. The lowest BCUT2D eigenvalue weighted by atomic mass is 10.4. The van der Waals surface area contributed by atoms with Gasteiger partial charge in [0.25, 0.3) is 0 Å². The van der Waals surface area contributed by atoms with Crippen molar-refractivity contribution in [3.63, 3.8) is 0 Å². The van der Waals surface area contributed by atoms with E-state index in [1.165, 1.54) is 0 Å². The standard InChI is InChI=1S/C8H16N2O5S/c9-1-2-15-8(14)3-6(11)10-5-16-4-7(12)13/h8,14H,1-5,9H2,(H,10,11)(H,12,13). The Hall–Kier alpha value is -0.830. The molecular formula is C8H16N2O5S. The van der Waals surface area contributed by atoms with Gasteiger partial charge in [-0.25, -0.2) is 0 Å². The molecule has 16 heavy (non-hydrogen) atoms. The first-order chi connectivity index (χ1) is 7.56. The normalized spacial score (nSPS) is 12.1. The molecule has 0 saturated heterocycles. The molecule has 0 aromatic heterocycles. The quantitative estimate of drug-likeness (QED) is 0.293. The number of rotatable bonds is 9. The molecule has 0 bridgehead atoms. The molecule has 0 aromatic carbocycles. The number of thioether (sulfide) groups is 1. The lowest BCUT2D eigenvalue weighted by Gasteiger charge is -2.10. The van der Waals surface area contributed by atoms with Crippen molar-refractivity contribution in [3.8, 4) is 0 Å². The number of nitrogens with one attached hydrogen (secondary N) is 1. The van der Waals surface area contributed by atoms with Crippen molar-refractivity contribution >= 4 is 23.6 Å². The van der Waals surface area contributed by atoms with Gasteiger partial charge in [-0.2, -0.15) is 0 Å². The van der Waals surface area contributed by atoms with Crippen LogP contribution in [0.3, 0.4) is 0 Å². The third-order valence-corrected chi connectivity index (χ3v) is 2.18. The van der Waals surface area contributed by atoms with E-state index in [4.69, 9.17) is 20.7 Å². The first kappa shape index (κ1) is 15.2. The molecule has 1 unspecified atom stereocenters. The zero-order valence-electron chi connectivity index (χ0n) is 8.72. The smallest absolute Gasteiger partial charge is 0.313 e. The van der Waals surface area contributed by atoms with Crippen LogP contribution in [0.25, 0.3) is 0 Å². The van der Waals surface area contributed by atoms with Crippen LogP contribution in [0.1, 0.15) is 6.42 Å². The summed E-state index contributed by atoms with van der Waals surface area (Å²) in [5.74, 6) is -1.23. The Bertz CT molecular complexity index is 226. The molecule has 0 fully saturated rings. The monoisotopic (exact) mass is 252 g/mol. The zero-order chi connectivity index (χ0) is 12.4. The molecule has 5 N–H and O–H groups in total. The summed E-state index contributed by atoms with van der Waals surface area (Å²) < 4.78 is 4.78. The highest BCUT2D eigenvalue weighted by atomic mass is 32.2. The van der Waals surface area contributed by atoms with Crippen LogP contribution in [0.5, 0.6) is 0 Å². The largest absolute Gasteiger partial charge is 0.481 e. The van der Waals surface area contributed by atoms with Crippen molar-refractivity contribution in [1.29, 1.82) is 0 Å². The molecule has 0 aromatic rings. The van der Waals surface area contributed by atoms with Crippen molar-refractivity contribution in [2.24, 2.45) is 5.73 Å². The summed E-state index contributed by atoms with van der Waals surface area (Å²) in [7, 11) is 0. The van der Waals surface area contributed by atoms with Crippen LogP contribution < -0.4 is 11.1 Å². The van der Waals surface area contributed by atoms with Gasteiger partial charge in [0.15, 0.2) is 6.29 Å². The van der Waals surface area contributed by atoms with Crippen molar-refractivity contribution in [2.45, 2.75) is 12.7 Å². The summed E-state index contributed by atoms with van der Waals surface area (Å²) in [4.78, 5) is 21.3. The maximum Gasteiger partial charge on any atom is 0.313 e. The number of aliphatic hydroxyl groups excluding tert-OH is 1. The number of hydrogen-bond donors (Lipinski definition) is 4. The molecule has 0 heterocycles. The fourth-order valence-corrected chi connectivity index (χ4v) is 1.30. The number of aliphatic hydroxyl groups is 1. The van der Waals surface area contributed by atoms with Crippen molar-refractivity contribution in [3.05, 3.63) is 0 Å². The zero-order valence-corrected chi connectivity index (χ0v) is 9.53. The van der Waals surface area contributed by atoms with Crippen molar-refractivity contribution in [2.75, 3.05) is 24.8 Å². The van der Waals surface area contributed by atoms with Crippen LogP contribution in [0.15, 0.2) is 0 Å². The molecule has 8 heteroatoms. The Kier molecular flexibility index (Phi) is 8.91. The molecule has 0 aliphatic rings. The minimum atomic E-state index is -1.17. The van der Waals surface area contributed by atoms with Crippen LogP contribution in [0.2, 0.25) is 0 Å². The van der Waals surface area contributed by atoms with Gasteiger partial charge in [-0.3, -0.25) is 9.59 Å². The van der Waals surface area contributed by atoms with Crippen LogP contribution in [0.4, 0.5) is 0 Å². The highest BCUT2D eigenvalue weighted by Crippen LogP contribution is 1.98. The van der Waals surface area contributed by atoms with E-state index in [1.807, 2.05) is 0 Å². The number of carboxylic acids is 1. The minimum absolute atomic E-state index is 0.0769. The average Bonchev–Trinajstić information content (AvgIpc) is 2.21. The Morgan fingerprint density at radius 1 is 1.50 bits per heavy atom. The molecule has 0 rings (SSSR count). The van der Waals surface area contributed by atoms with Crippen LogP contribution in [0, 0.1) is 0 Å². The summed E-state index contributed by atoms with van der Waals surface area (Å²) in [6.45, 7) is 0.454. The number of carbonyl (C=O) groups excluding carboxylic acids is 1. The van der Waals surface area contributed by atoms with Crippen LogP contribution >= 0.6 is 11.8 Å². The predicted molar refractivity (Wildman–Crippen MR) is 58.7 cm³/mol. The predicted octanol–water partition coefficient (Wildman–Crippen LogP) is -1.44. The van der Waals surface area contributed by atoms with Crippen LogP contribution in [-0.2, 0) is 14.3 Å². The third-order valence-electron chi connectivity index (χ3n) is 1.39. The van der Waals surface area contributed by atoms with E-state index in [9.17, 15) is 9.59 Å². The number of ether oxygens (including phenoxy) is 1. The van der Waals surface area contributed by atoms with Crippen LogP contribution in [-0.4, -0.2) is 53.2 Å². The maximum absolute atomic E-state index is 11.1. The third kappa shape index (κ3) is 9.71. The summed E-state index contributed by atoms with van der Waals surface area (Å²) in [6, 6.07) is 0. The topological polar surface area (TPSA) is 122 Å². The average molecular weight is 252 g/mol. The summed E-state index contributed by atoms with van der Waals surface area (Å²) in [5, 5.41) is 19.9. The number of carbonyl (C=O) groups is 2. The Labute approximate surface area is 97.3 Å². The Morgan fingerprint density at radius 3 is 2.75 bits per heavy atom. The van der Waals surface area contributed by atoms with E-state index >= 15 is 0 Å². The summed E-state index contributed by atoms with van der Waals surface area (Å²) in [5.41, 5.74) is 5.14. The Morgan fingerprint density at radius 2 is 2.19 bits per heavy atom. The van der Waals surface area contributed by atoms with Gasteiger partial charge in [-0.05, 0) is 0 Å². The first-order valence-corrected chi connectivity index (χ1v) is 5.77. The van der Waals surface area contributed by atoms with Gasteiger partial charge in [0, 0.05) is 6.54 Å². The Balaban J connectivity index is 3.46. The molecule has 0 aliphatic heterocycles. The van der Waals surface area contributed by atoms with E-state index in [1.54, 1.807) is 0 Å². The first-order valence-electron chi connectivity index (χ1n) is 4.62. The second-order valence-electron chi connectivity index (χ2n) is 2.80. The number of nitrogens with two attached hydrogens (primary N) is 1. The molecule has 7 nitrogen and oxygen atoms in total. The fourth-order valence-electron chi connectivity index (χ4n) is 0.764. The van der Waals surface area contributed by atoms with Crippen molar-refractivity contribution in [1.82, 2.24) is 5.32 Å². The highest BCUT2D eigenvalue weighted by Gasteiger charge is 2.10. The SMILES string of the molecule is NCCOC(O)CC(=O)NCSCC(=O)O. The molecule has 1 atom stereocenters. The number of amides is 1. The van der Waals surface area contributed by atoms with E-state index in [2.05, 4.69) is 5.32 Å².